The van der Waals surface area contributed by atoms with Gasteiger partial charge in [-0.05, 0) is 29.8 Å². The van der Waals surface area contributed by atoms with Gasteiger partial charge < -0.3 is 20.5 Å². The fourth-order valence-electron chi connectivity index (χ4n) is 2.21. The predicted octanol–water partition coefficient (Wildman–Crippen LogP) is 2.38. The highest BCUT2D eigenvalue weighted by Crippen LogP contribution is 2.30. The second-order valence-electron chi connectivity index (χ2n) is 4.76. The Hall–Kier alpha value is -2.53. The number of para-hydroxylation sites is 1. The van der Waals surface area contributed by atoms with Gasteiger partial charge in [0.15, 0.2) is 11.5 Å². The first-order chi connectivity index (χ1) is 10.7. The number of hydrogen-bond acceptors (Lipinski definition) is 4. The quantitative estimate of drug-likeness (QED) is 0.859. The number of hydrogen-bond donors (Lipinski definition) is 2. The monoisotopic (exact) mass is 300 g/mol. The van der Waals surface area contributed by atoms with Crippen LogP contribution in [0.3, 0.4) is 0 Å². The van der Waals surface area contributed by atoms with Crippen molar-refractivity contribution < 1.29 is 14.3 Å². The van der Waals surface area contributed by atoms with Crippen molar-refractivity contribution >= 4 is 11.6 Å². The lowest BCUT2D eigenvalue weighted by Crippen LogP contribution is -2.27. The van der Waals surface area contributed by atoms with Crippen molar-refractivity contribution in [1.82, 2.24) is 0 Å². The van der Waals surface area contributed by atoms with Gasteiger partial charge in [0.2, 0.25) is 5.91 Å². The molecule has 0 saturated carbocycles. The summed E-state index contributed by atoms with van der Waals surface area (Å²) in [6.07, 6.45) is 0. The second kappa shape index (κ2) is 7.47. The van der Waals surface area contributed by atoms with Crippen molar-refractivity contribution in [1.29, 1.82) is 0 Å². The fraction of sp³-hybridized carbons (Fsp3) is 0.235. The summed E-state index contributed by atoms with van der Waals surface area (Å²) in [4.78, 5) is 12.4. The molecule has 0 radical (unpaired) electrons. The van der Waals surface area contributed by atoms with Crippen molar-refractivity contribution in [3.8, 4) is 11.5 Å². The molecule has 3 N–H and O–H groups in total. The van der Waals surface area contributed by atoms with Gasteiger partial charge in [0.25, 0.3) is 0 Å². The molecule has 5 heteroatoms. The average molecular weight is 300 g/mol. The Balaban J connectivity index is 2.22. The van der Waals surface area contributed by atoms with Crippen LogP contribution < -0.4 is 20.5 Å². The molecule has 0 bridgehead atoms. The van der Waals surface area contributed by atoms with E-state index < -0.39 is 5.92 Å². The lowest BCUT2D eigenvalue weighted by Gasteiger charge is -2.17. The number of amides is 1. The summed E-state index contributed by atoms with van der Waals surface area (Å²) in [5.41, 5.74) is 7.32. The van der Waals surface area contributed by atoms with Gasteiger partial charge in [0, 0.05) is 12.2 Å². The van der Waals surface area contributed by atoms with Crippen LogP contribution in [0.2, 0.25) is 0 Å². The van der Waals surface area contributed by atoms with E-state index >= 15 is 0 Å². The van der Waals surface area contributed by atoms with E-state index in [2.05, 4.69) is 5.32 Å². The van der Waals surface area contributed by atoms with Gasteiger partial charge >= 0.3 is 0 Å². The number of carbonyl (C=O) groups excluding carboxylic acids is 1. The normalized spacial score (nSPS) is 11.6. The summed E-state index contributed by atoms with van der Waals surface area (Å²) in [6.45, 7) is 0.203. The molecular weight excluding hydrogens is 280 g/mol. The van der Waals surface area contributed by atoms with Gasteiger partial charge in [-0.3, -0.25) is 4.79 Å². The zero-order valence-electron chi connectivity index (χ0n) is 12.7. The smallest absolute Gasteiger partial charge is 0.233 e. The van der Waals surface area contributed by atoms with Crippen LogP contribution in [0.15, 0.2) is 48.5 Å². The molecule has 0 aliphatic rings. The number of anilines is 1. The van der Waals surface area contributed by atoms with Crippen molar-refractivity contribution in [3.63, 3.8) is 0 Å². The third-order valence-electron chi connectivity index (χ3n) is 3.40. The molecule has 2 aromatic rings. The van der Waals surface area contributed by atoms with Gasteiger partial charge in [-0.25, -0.2) is 0 Å². The summed E-state index contributed by atoms with van der Waals surface area (Å²) >= 11 is 0. The fourth-order valence-corrected chi connectivity index (χ4v) is 2.21. The highest BCUT2D eigenvalue weighted by Gasteiger charge is 2.20. The van der Waals surface area contributed by atoms with Crippen LogP contribution in [0.25, 0.3) is 0 Å². The molecule has 116 valence electrons. The van der Waals surface area contributed by atoms with Gasteiger partial charge in [-0.1, -0.05) is 24.3 Å². The van der Waals surface area contributed by atoms with Crippen molar-refractivity contribution in [2.24, 2.45) is 5.73 Å². The molecule has 2 rings (SSSR count). The lowest BCUT2D eigenvalue weighted by atomic mass is 9.97. The van der Waals surface area contributed by atoms with Crippen LogP contribution in [0.4, 0.5) is 5.69 Å². The highest BCUT2D eigenvalue weighted by atomic mass is 16.5. The van der Waals surface area contributed by atoms with Gasteiger partial charge in [-0.15, -0.1) is 0 Å². The molecule has 0 aliphatic carbocycles. The largest absolute Gasteiger partial charge is 0.493 e. The summed E-state index contributed by atoms with van der Waals surface area (Å²) < 4.78 is 10.5. The van der Waals surface area contributed by atoms with Crippen LogP contribution >= 0.6 is 0 Å². The van der Waals surface area contributed by atoms with Crippen LogP contribution in [-0.2, 0) is 4.79 Å². The molecule has 1 amide bonds. The number of benzene rings is 2. The molecule has 5 nitrogen and oxygen atoms in total. The first-order valence-corrected chi connectivity index (χ1v) is 6.97. The zero-order chi connectivity index (χ0) is 15.9. The maximum atomic E-state index is 12.4. The Morgan fingerprint density at radius 1 is 1.09 bits per heavy atom. The van der Waals surface area contributed by atoms with Crippen LogP contribution in [0, 0.1) is 0 Å². The molecule has 0 heterocycles. The molecule has 2 aromatic carbocycles. The van der Waals surface area contributed by atoms with E-state index in [1.165, 1.54) is 0 Å². The van der Waals surface area contributed by atoms with Crippen LogP contribution in [0.5, 0.6) is 11.5 Å². The number of rotatable bonds is 6. The van der Waals surface area contributed by atoms with Crippen LogP contribution in [-0.4, -0.2) is 26.7 Å². The summed E-state index contributed by atoms with van der Waals surface area (Å²) in [5, 5.41) is 2.87. The topological polar surface area (TPSA) is 73.6 Å². The molecule has 0 saturated heterocycles. The Kier molecular flexibility index (Phi) is 5.38. The van der Waals surface area contributed by atoms with E-state index in [9.17, 15) is 4.79 Å². The van der Waals surface area contributed by atoms with E-state index in [1.54, 1.807) is 26.4 Å². The molecular formula is C17H20N2O3. The first-order valence-electron chi connectivity index (χ1n) is 6.97. The summed E-state index contributed by atoms with van der Waals surface area (Å²) in [7, 11) is 3.13. The van der Waals surface area contributed by atoms with E-state index in [4.69, 9.17) is 15.2 Å². The SMILES string of the molecule is COc1ccc(C(CN)C(=O)Nc2ccccc2)cc1OC. The number of nitrogens with one attached hydrogen (secondary N) is 1. The van der Waals surface area contributed by atoms with Crippen molar-refractivity contribution in [3.05, 3.63) is 54.1 Å². The number of nitrogens with two attached hydrogens (primary N) is 1. The van der Waals surface area contributed by atoms with Crippen molar-refractivity contribution in [2.45, 2.75) is 5.92 Å². The number of ether oxygens (including phenoxy) is 2. The maximum absolute atomic E-state index is 12.4. The van der Waals surface area contributed by atoms with Crippen LogP contribution in [0.1, 0.15) is 11.5 Å². The lowest BCUT2D eigenvalue weighted by molar-refractivity contribution is -0.117. The van der Waals surface area contributed by atoms with Gasteiger partial charge in [0.1, 0.15) is 0 Å². The van der Waals surface area contributed by atoms with E-state index in [0.29, 0.717) is 11.5 Å². The molecule has 0 aliphatic heterocycles. The third-order valence-corrected chi connectivity index (χ3v) is 3.40. The average Bonchev–Trinajstić information content (AvgIpc) is 2.56. The number of methoxy groups -OCH3 is 2. The molecule has 1 unspecified atom stereocenters. The van der Waals surface area contributed by atoms with E-state index in [-0.39, 0.29) is 12.5 Å². The molecule has 0 aromatic heterocycles. The Bertz CT molecular complexity index is 629. The molecule has 0 fully saturated rings. The minimum absolute atomic E-state index is 0.152. The third kappa shape index (κ3) is 3.56. The van der Waals surface area contributed by atoms with Crippen molar-refractivity contribution in [2.75, 3.05) is 26.1 Å². The first kappa shape index (κ1) is 15.9. The van der Waals surface area contributed by atoms with E-state index in [0.717, 1.165) is 11.3 Å². The standard InChI is InChI=1S/C17H20N2O3/c1-21-15-9-8-12(10-16(15)22-2)14(11-18)17(20)19-13-6-4-3-5-7-13/h3-10,14H,11,18H2,1-2H3,(H,19,20). The van der Waals surface area contributed by atoms with Gasteiger partial charge in [-0.2, -0.15) is 0 Å². The Labute approximate surface area is 130 Å². The minimum Gasteiger partial charge on any atom is -0.493 e. The number of carbonyl (C=O) groups is 1. The molecule has 0 spiro atoms. The highest BCUT2D eigenvalue weighted by molar-refractivity contribution is 5.96. The Morgan fingerprint density at radius 2 is 1.77 bits per heavy atom. The minimum atomic E-state index is -0.458. The van der Waals surface area contributed by atoms with Gasteiger partial charge in [0.05, 0.1) is 20.1 Å². The molecule has 22 heavy (non-hydrogen) atoms. The Morgan fingerprint density at radius 3 is 2.36 bits per heavy atom. The second-order valence-corrected chi connectivity index (χ2v) is 4.76. The predicted molar refractivity (Wildman–Crippen MR) is 86.4 cm³/mol. The summed E-state index contributed by atoms with van der Waals surface area (Å²) in [6, 6.07) is 14.7. The van der Waals surface area contributed by atoms with E-state index in [1.807, 2.05) is 36.4 Å². The zero-order valence-corrected chi connectivity index (χ0v) is 12.7. The molecule has 1 atom stereocenters. The maximum Gasteiger partial charge on any atom is 0.233 e. The summed E-state index contributed by atoms with van der Waals surface area (Å²) in [5.74, 6) is 0.581.